The highest BCUT2D eigenvalue weighted by Crippen LogP contribution is 2.24. The van der Waals surface area contributed by atoms with Crippen molar-refractivity contribution >= 4 is 40.6 Å². The Morgan fingerprint density at radius 1 is 1.21 bits per heavy atom. The lowest BCUT2D eigenvalue weighted by atomic mass is 10.2. The number of carbonyl (C=O) groups is 1. The second-order valence-electron chi connectivity index (χ2n) is 6.25. The number of nitrogens with one attached hydrogen (secondary N) is 2. The van der Waals surface area contributed by atoms with E-state index in [1.54, 1.807) is 24.3 Å². The van der Waals surface area contributed by atoms with Crippen molar-refractivity contribution in [3.8, 4) is 0 Å². The molecule has 2 aromatic carbocycles. The predicted molar refractivity (Wildman–Crippen MR) is 115 cm³/mol. The van der Waals surface area contributed by atoms with Crippen molar-refractivity contribution in [2.45, 2.75) is 32.1 Å². The lowest BCUT2D eigenvalue weighted by molar-refractivity contribution is -0.113. The molecule has 9 heteroatoms. The molecule has 0 unspecified atom stereocenters. The van der Waals surface area contributed by atoms with E-state index < -0.39 is 0 Å². The smallest absolute Gasteiger partial charge is 0.234 e. The zero-order chi connectivity index (χ0) is 20.8. The normalized spacial score (nSPS) is 10.8. The first-order chi connectivity index (χ1) is 14.0. The van der Waals surface area contributed by atoms with E-state index in [-0.39, 0.29) is 17.5 Å². The molecule has 1 aromatic heterocycles. The molecule has 1 amide bonds. The molecule has 0 saturated carbocycles. The largest absolute Gasteiger partial charge is 0.378 e. The fourth-order valence-corrected chi connectivity index (χ4v) is 3.68. The van der Waals surface area contributed by atoms with Crippen LogP contribution < -0.4 is 10.6 Å². The predicted octanol–water partition coefficient (Wildman–Crippen LogP) is 4.74. The van der Waals surface area contributed by atoms with Crippen LogP contribution in [0.4, 0.5) is 15.8 Å². The van der Waals surface area contributed by atoms with Crippen LogP contribution in [0, 0.1) is 12.7 Å². The summed E-state index contributed by atoms with van der Waals surface area (Å²) in [7, 11) is 0. The van der Waals surface area contributed by atoms with E-state index in [1.807, 2.05) is 24.5 Å². The van der Waals surface area contributed by atoms with E-state index in [1.165, 1.54) is 23.9 Å². The summed E-state index contributed by atoms with van der Waals surface area (Å²) in [5, 5.41) is 15.8. The van der Waals surface area contributed by atoms with Gasteiger partial charge < -0.3 is 15.2 Å². The summed E-state index contributed by atoms with van der Waals surface area (Å²) in [6.45, 7) is 4.97. The Bertz CT molecular complexity index is 993. The molecule has 0 radical (unpaired) electrons. The summed E-state index contributed by atoms with van der Waals surface area (Å²) in [6, 6.07) is 11.5. The van der Waals surface area contributed by atoms with Gasteiger partial charge in [-0.2, -0.15) is 0 Å². The van der Waals surface area contributed by atoms with Crippen LogP contribution >= 0.6 is 23.4 Å². The molecule has 0 spiro atoms. The van der Waals surface area contributed by atoms with Crippen LogP contribution in [0.3, 0.4) is 0 Å². The Morgan fingerprint density at radius 2 is 1.97 bits per heavy atom. The summed E-state index contributed by atoms with van der Waals surface area (Å²) < 4.78 is 14.9. The molecule has 1 heterocycles. The highest BCUT2D eigenvalue weighted by molar-refractivity contribution is 7.99. The average Bonchev–Trinajstić information content (AvgIpc) is 3.11. The number of amides is 1. The maximum Gasteiger partial charge on any atom is 0.234 e. The van der Waals surface area contributed by atoms with E-state index in [0.29, 0.717) is 29.0 Å². The zero-order valence-electron chi connectivity index (χ0n) is 16.1. The zero-order valence-corrected chi connectivity index (χ0v) is 17.6. The van der Waals surface area contributed by atoms with Gasteiger partial charge in [0.25, 0.3) is 0 Å². The number of benzene rings is 2. The van der Waals surface area contributed by atoms with Gasteiger partial charge in [-0.15, -0.1) is 10.2 Å². The number of anilines is 2. The van der Waals surface area contributed by atoms with Crippen molar-refractivity contribution < 1.29 is 9.18 Å². The Labute approximate surface area is 177 Å². The third-order valence-corrected chi connectivity index (χ3v) is 5.65. The second-order valence-corrected chi connectivity index (χ2v) is 7.60. The van der Waals surface area contributed by atoms with Crippen LogP contribution in [-0.4, -0.2) is 26.4 Å². The lowest BCUT2D eigenvalue weighted by Gasteiger charge is -2.10. The molecule has 3 rings (SSSR count). The Balaban J connectivity index is 1.58. The van der Waals surface area contributed by atoms with Gasteiger partial charge in [-0.3, -0.25) is 4.79 Å². The number of thioether (sulfide) groups is 1. The van der Waals surface area contributed by atoms with Crippen molar-refractivity contribution in [1.29, 1.82) is 0 Å². The molecule has 0 fully saturated rings. The SMILES string of the molecule is CCn1c(CNc2ccc(F)cc2)nnc1SCC(=O)Nc1cccc(Cl)c1C. The fraction of sp³-hybridized carbons (Fsp3) is 0.250. The van der Waals surface area contributed by atoms with Gasteiger partial charge in [0.2, 0.25) is 5.91 Å². The molecule has 0 aliphatic rings. The molecule has 0 aliphatic heterocycles. The highest BCUT2D eigenvalue weighted by Gasteiger charge is 2.14. The van der Waals surface area contributed by atoms with Crippen LogP contribution in [0.5, 0.6) is 0 Å². The number of rotatable bonds is 8. The summed E-state index contributed by atoms with van der Waals surface area (Å²) in [5.41, 5.74) is 2.32. The fourth-order valence-electron chi connectivity index (χ4n) is 2.68. The van der Waals surface area contributed by atoms with Crippen molar-refractivity contribution in [2.75, 3.05) is 16.4 Å². The third-order valence-electron chi connectivity index (χ3n) is 4.28. The molecule has 2 N–H and O–H groups in total. The minimum Gasteiger partial charge on any atom is -0.378 e. The van der Waals surface area contributed by atoms with Crippen LogP contribution in [-0.2, 0) is 17.9 Å². The molecule has 0 saturated heterocycles. The molecule has 152 valence electrons. The maximum atomic E-state index is 13.0. The van der Waals surface area contributed by atoms with E-state index in [0.717, 1.165) is 17.1 Å². The van der Waals surface area contributed by atoms with E-state index in [2.05, 4.69) is 20.8 Å². The third kappa shape index (κ3) is 5.48. The molecule has 0 aliphatic carbocycles. The number of nitrogens with zero attached hydrogens (tertiary/aromatic N) is 3. The average molecular weight is 434 g/mol. The quantitative estimate of drug-likeness (QED) is 0.502. The van der Waals surface area contributed by atoms with Gasteiger partial charge in [0.1, 0.15) is 5.82 Å². The Kier molecular flexibility index (Phi) is 7.11. The van der Waals surface area contributed by atoms with Gasteiger partial charge in [0, 0.05) is 22.9 Å². The van der Waals surface area contributed by atoms with Gasteiger partial charge >= 0.3 is 0 Å². The molecule has 6 nitrogen and oxygen atoms in total. The Hall–Kier alpha value is -2.58. The van der Waals surface area contributed by atoms with Crippen LogP contribution in [0.2, 0.25) is 5.02 Å². The highest BCUT2D eigenvalue weighted by atomic mass is 35.5. The lowest BCUT2D eigenvalue weighted by Crippen LogP contribution is -2.15. The van der Waals surface area contributed by atoms with Gasteiger partial charge in [0.15, 0.2) is 11.0 Å². The van der Waals surface area contributed by atoms with Crippen LogP contribution in [0.1, 0.15) is 18.3 Å². The summed E-state index contributed by atoms with van der Waals surface area (Å²) >= 11 is 7.41. The minimum atomic E-state index is -0.280. The van der Waals surface area contributed by atoms with Gasteiger partial charge in [-0.05, 0) is 55.8 Å². The van der Waals surface area contributed by atoms with Crippen molar-refractivity contribution in [3.63, 3.8) is 0 Å². The number of hydrogen-bond donors (Lipinski definition) is 2. The molecular weight excluding hydrogens is 413 g/mol. The molecule has 0 bridgehead atoms. The van der Waals surface area contributed by atoms with Crippen molar-refractivity contribution in [3.05, 3.63) is 64.7 Å². The van der Waals surface area contributed by atoms with E-state index in [9.17, 15) is 9.18 Å². The van der Waals surface area contributed by atoms with Gasteiger partial charge in [-0.25, -0.2) is 4.39 Å². The standard InChI is InChI=1S/C20H21ClFN5OS/c1-3-27-18(11-23-15-9-7-14(22)8-10-15)25-26-20(27)29-12-19(28)24-17-6-4-5-16(21)13(17)2/h4-10,23H,3,11-12H2,1-2H3,(H,24,28). The number of carbonyl (C=O) groups excluding carboxylic acids is 1. The maximum absolute atomic E-state index is 13.0. The van der Waals surface area contributed by atoms with Gasteiger partial charge in [0.05, 0.1) is 12.3 Å². The van der Waals surface area contributed by atoms with E-state index in [4.69, 9.17) is 11.6 Å². The molecule has 29 heavy (non-hydrogen) atoms. The second kappa shape index (κ2) is 9.76. The Morgan fingerprint density at radius 3 is 2.69 bits per heavy atom. The molecule has 0 atom stereocenters. The number of halogens is 2. The first-order valence-corrected chi connectivity index (χ1v) is 10.4. The summed E-state index contributed by atoms with van der Waals surface area (Å²) in [5.74, 6) is 0.523. The number of hydrogen-bond acceptors (Lipinski definition) is 5. The summed E-state index contributed by atoms with van der Waals surface area (Å²) in [6.07, 6.45) is 0. The monoisotopic (exact) mass is 433 g/mol. The van der Waals surface area contributed by atoms with Crippen LogP contribution in [0.15, 0.2) is 47.6 Å². The van der Waals surface area contributed by atoms with Gasteiger partial charge in [-0.1, -0.05) is 29.4 Å². The first kappa shape index (κ1) is 21.1. The van der Waals surface area contributed by atoms with E-state index >= 15 is 0 Å². The van der Waals surface area contributed by atoms with Crippen molar-refractivity contribution in [2.24, 2.45) is 0 Å². The first-order valence-electron chi connectivity index (χ1n) is 9.07. The van der Waals surface area contributed by atoms with Crippen LogP contribution in [0.25, 0.3) is 0 Å². The molecular formula is C20H21ClFN5OS. The summed E-state index contributed by atoms with van der Waals surface area (Å²) in [4.78, 5) is 12.3. The topological polar surface area (TPSA) is 71.8 Å². The minimum absolute atomic E-state index is 0.142. The molecule has 3 aromatic rings. The number of aromatic nitrogens is 3. The van der Waals surface area contributed by atoms with Crippen molar-refractivity contribution in [1.82, 2.24) is 14.8 Å².